The number of piperidine rings is 1. The first-order chi connectivity index (χ1) is 11.5. The molecule has 1 fully saturated rings. The van der Waals surface area contributed by atoms with E-state index in [2.05, 4.69) is 15.9 Å². The molecule has 2 aromatic rings. The third-order valence-electron chi connectivity index (χ3n) is 4.23. The van der Waals surface area contributed by atoms with Crippen LogP contribution in [0, 0.1) is 0 Å². The number of amides is 1. The molecule has 3 rings (SSSR count). The molecular weight excluding hydrogens is 394 g/mol. The zero-order valence-electron chi connectivity index (χ0n) is 13.0. The zero-order valence-corrected chi connectivity index (χ0v) is 15.4. The lowest BCUT2D eigenvalue weighted by atomic mass is 10.1. The molecule has 1 aromatic carbocycles. The van der Waals surface area contributed by atoms with Gasteiger partial charge in [0.1, 0.15) is 11.5 Å². The fraction of sp³-hybridized carbons (Fsp3) is 0.353. The van der Waals surface area contributed by atoms with Gasteiger partial charge in [0, 0.05) is 23.1 Å². The van der Waals surface area contributed by atoms with E-state index in [4.69, 9.17) is 4.42 Å². The average molecular weight is 412 g/mol. The quantitative estimate of drug-likeness (QED) is 0.773. The number of nitrogens with zero attached hydrogens (tertiary/aromatic N) is 1. The Morgan fingerprint density at radius 3 is 2.58 bits per heavy atom. The molecule has 1 aromatic heterocycles. The van der Waals surface area contributed by atoms with E-state index in [-0.39, 0.29) is 11.7 Å². The van der Waals surface area contributed by atoms with Crippen LogP contribution < -0.4 is 0 Å². The number of carbonyl (C=O) groups is 1. The fourth-order valence-electron chi connectivity index (χ4n) is 2.93. The van der Waals surface area contributed by atoms with Gasteiger partial charge in [-0.25, -0.2) is 8.42 Å². The number of hydrogen-bond acceptors (Lipinski definition) is 4. The molecule has 1 aliphatic heterocycles. The van der Waals surface area contributed by atoms with Crippen LogP contribution >= 0.6 is 15.9 Å². The van der Waals surface area contributed by atoms with Crippen molar-refractivity contribution in [1.29, 1.82) is 0 Å². The van der Waals surface area contributed by atoms with Gasteiger partial charge in [-0.15, -0.1) is 0 Å². The Labute approximate surface area is 149 Å². The summed E-state index contributed by atoms with van der Waals surface area (Å²) in [5.41, 5.74) is 0.612. The van der Waals surface area contributed by atoms with Crippen molar-refractivity contribution in [3.8, 4) is 0 Å². The van der Waals surface area contributed by atoms with Gasteiger partial charge in [-0.1, -0.05) is 22.0 Å². The van der Waals surface area contributed by atoms with Crippen molar-refractivity contribution >= 4 is 31.7 Å². The Bertz CT molecular complexity index is 809. The van der Waals surface area contributed by atoms with Gasteiger partial charge in [0.2, 0.25) is 0 Å². The molecule has 0 radical (unpaired) electrons. The van der Waals surface area contributed by atoms with Crippen molar-refractivity contribution in [1.82, 2.24) is 4.90 Å². The summed E-state index contributed by atoms with van der Waals surface area (Å²) in [5, 5.41) is -0.422. The maximum Gasteiger partial charge on any atom is 0.253 e. The monoisotopic (exact) mass is 411 g/mol. The highest BCUT2D eigenvalue weighted by Crippen LogP contribution is 2.23. The van der Waals surface area contributed by atoms with Gasteiger partial charge in [0.25, 0.3) is 5.91 Å². The summed E-state index contributed by atoms with van der Waals surface area (Å²) in [7, 11) is -3.27. The highest BCUT2D eigenvalue weighted by molar-refractivity contribution is 9.10. The minimum absolute atomic E-state index is 0.0572. The number of rotatable bonds is 4. The standard InChI is InChI=1S/C17H18BrNO4S/c18-14-4-1-3-13(11-14)17(20)19-8-6-16(7-9-19)24(21,22)12-15-5-2-10-23-15/h1-5,10-11,16H,6-9,12H2. The molecular formula is C17H18BrNO4S. The van der Waals surface area contributed by atoms with E-state index in [9.17, 15) is 13.2 Å². The second kappa shape index (κ2) is 7.11. The van der Waals surface area contributed by atoms with Crippen LogP contribution in [0.5, 0.6) is 0 Å². The molecule has 1 saturated heterocycles. The average Bonchev–Trinajstić information content (AvgIpc) is 3.06. The second-order valence-electron chi connectivity index (χ2n) is 5.89. The lowest BCUT2D eigenvalue weighted by Crippen LogP contribution is -2.42. The van der Waals surface area contributed by atoms with Crippen molar-refractivity contribution in [2.75, 3.05) is 13.1 Å². The molecule has 1 amide bonds. The summed E-state index contributed by atoms with van der Waals surface area (Å²) >= 11 is 3.36. The summed E-state index contributed by atoms with van der Waals surface area (Å²) in [5.74, 6) is 0.324. The molecule has 5 nitrogen and oxygen atoms in total. The van der Waals surface area contributed by atoms with Crippen molar-refractivity contribution < 1.29 is 17.6 Å². The summed E-state index contributed by atoms with van der Waals surface area (Å²) in [4.78, 5) is 14.2. The van der Waals surface area contributed by atoms with Crippen LogP contribution in [-0.2, 0) is 15.6 Å². The second-order valence-corrected chi connectivity index (χ2v) is 9.09. The van der Waals surface area contributed by atoms with Gasteiger partial charge in [0.05, 0.1) is 11.5 Å². The first kappa shape index (κ1) is 17.2. The number of halogens is 1. The maximum atomic E-state index is 12.5. The molecule has 0 N–H and O–H groups in total. The molecule has 0 spiro atoms. The normalized spacial score (nSPS) is 16.3. The highest BCUT2D eigenvalue weighted by Gasteiger charge is 2.32. The SMILES string of the molecule is O=C(c1cccc(Br)c1)N1CCC(S(=O)(=O)Cc2ccco2)CC1. The van der Waals surface area contributed by atoms with Crippen LogP contribution in [0.15, 0.2) is 51.6 Å². The highest BCUT2D eigenvalue weighted by atomic mass is 79.9. The van der Waals surface area contributed by atoms with Crippen LogP contribution in [0.3, 0.4) is 0 Å². The van der Waals surface area contributed by atoms with Gasteiger partial charge < -0.3 is 9.32 Å². The fourth-order valence-corrected chi connectivity index (χ4v) is 5.06. The number of furan rings is 1. The Kier molecular flexibility index (Phi) is 5.10. The molecule has 7 heteroatoms. The third-order valence-corrected chi connectivity index (χ3v) is 6.90. The lowest BCUT2D eigenvalue weighted by molar-refractivity contribution is 0.0725. The van der Waals surface area contributed by atoms with Crippen LogP contribution in [-0.4, -0.2) is 37.6 Å². The Morgan fingerprint density at radius 2 is 1.96 bits per heavy atom. The molecule has 1 aliphatic rings. The van der Waals surface area contributed by atoms with E-state index < -0.39 is 15.1 Å². The minimum Gasteiger partial charge on any atom is -0.468 e. The summed E-state index contributed by atoms with van der Waals surface area (Å²) in [6, 6.07) is 10.6. The van der Waals surface area contributed by atoms with Gasteiger partial charge in [-0.3, -0.25) is 4.79 Å². The minimum atomic E-state index is -3.27. The number of carbonyl (C=O) groups excluding carboxylic acids is 1. The lowest BCUT2D eigenvalue weighted by Gasteiger charge is -2.31. The number of sulfone groups is 1. The van der Waals surface area contributed by atoms with E-state index in [1.807, 2.05) is 12.1 Å². The van der Waals surface area contributed by atoms with Gasteiger partial charge in [-0.05, 0) is 43.2 Å². The first-order valence-corrected chi connectivity index (χ1v) is 10.3. The number of benzene rings is 1. The van der Waals surface area contributed by atoms with Crippen molar-refractivity contribution in [2.24, 2.45) is 0 Å². The zero-order chi connectivity index (χ0) is 17.2. The smallest absolute Gasteiger partial charge is 0.253 e. The van der Waals surface area contributed by atoms with Crippen LogP contribution in [0.1, 0.15) is 29.0 Å². The van der Waals surface area contributed by atoms with Crippen molar-refractivity contribution in [3.05, 3.63) is 58.5 Å². The summed E-state index contributed by atoms with van der Waals surface area (Å²) in [6.07, 6.45) is 2.40. The van der Waals surface area contributed by atoms with E-state index in [0.29, 0.717) is 37.3 Å². The van der Waals surface area contributed by atoms with E-state index in [1.54, 1.807) is 29.2 Å². The predicted molar refractivity (Wildman–Crippen MR) is 94.4 cm³/mol. The molecule has 0 unspecified atom stereocenters. The molecule has 0 bridgehead atoms. The van der Waals surface area contributed by atoms with E-state index >= 15 is 0 Å². The number of likely N-dealkylation sites (tertiary alicyclic amines) is 1. The summed E-state index contributed by atoms with van der Waals surface area (Å²) < 4.78 is 30.9. The van der Waals surface area contributed by atoms with Crippen LogP contribution in [0.25, 0.3) is 0 Å². The number of hydrogen-bond donors (Lipinski definition) is 0. The third kappa shape index (κ3) is 3.89. The molecule has 2 heterocycles. The Balaban J connectivity index is 1.62. The van der Waals surface area contributed by atoms with Gasteiger partial charge in [-0.2, -0.15) is 0 Å². The topological polar surface area (TPSA) is 67.6 Å². The Hall–Kier alpha value is -1.60. The van der Waals surface area contributed by atoms with E-state index in [0.717, 1.165) is 4.47 Å². The van der Waals surface area contributed by atoms with Crippen LogP contribution in [0.4, 0.5) is 0 Å². The largest absolute Gasteiger partial charge is 0.468 e. The molecule has 0 aliphatic carbocycles. The van der Waals surface area contributed by atoms with Crippen molar-refractivity contribution in [3.63, 3.8) is 0 Å². The van der Waals surface area contributed by atoms with Gasteiger partial charge >= 0.3 is 0 Å². The molecule has 128 valence electrons. The van der Waals surface area contributed by atoms with E-state index in [1.165, 1.54) is 6.26 Å². The molecule has 24 heavy (non-hydrogen) atoms. The molecule has 0 saturated carbocycles. The first-order valence-electron chi connectivity index (χ1n) is 7.74. The van der Waals surface area contributed by atoms with Crippen LogP contribution in [0.2, 0.25) is 0 Å². The summed E-state index contributed by atoms with van der Waals surface area (Å²) in [6.45, 7) is 0.904. The Morgan fingerprint density at radius 1 is 1.21 bits per heavy atom. The van der Waals surface area contributed by atoms with Crippen molar-refractivity contribution in [2.45, 2.75) is 23.8 Å². The predicted octanol–water partition coefficient (Wildman–Crippen LogP) is 3.26. The van der Waals surface area contributed by atoms with Gasteiger partial charge in [0.15, 0.2) is 9.84 Å². The maximum absolute atomic E-state index is 12.5. The molecule has 0 atom stereocenters.